The summed E-state index contributed by atoms with van der Waals surface area (Å²) in [4.78, 5) is 15.9. The molecule has 0 radical (unpaired) electrons. The number of hydrogen-bond donors (Lipinski definition) is 1. The first-order valence-electron chi connectivity index (χ1n) is 5.28. The van der Waals surface area contributed by atoms with Crippen LogP contribution in [0.2, 0.25) is 0 Å². The molecule has 0 amide bonds. The summed E-state index contributed by atoms with van der Waals surface area (Å²) in [5.41, 5.74) is 6.77. The molecular weight excluding hydrogens is 208 g/mol. The predicted molar refractivity (Wildman–Crippen MR) is 60.3 cm³/mol. The van der Waals surface area contributed by atoms with Gasteiger partial charge in [0.2, 0.25) is 0 Å². The molecular formula is C10H14N4O2. The van der Waals surface area contributed by atoms with E-state index in [0.717, 1.165) is 31.6 Å². The van der Waals surface area contributed by atoms with E-state index in [1.165, 1.54) is 12.3 Å². The number of aromatic nitrogens is 1. The highest BCUT2D eigenvalue weighted by atomic mass is 16.6. The van der Waals surface area contributed by atoms with E-state index >= 15 is 0 Å². The van der Waals surface area contributed by atoms with Crippen LogP contribution in [0.25, 0.3) is 0 Å². The molecule has 2 N–H and O–H groups in total. The summed E-state index contributed by atoms with van der Waals surface area (Å²) in [6, 6.07) is 3.34. The van der Waals surface area contributed by atoms with Crippen LogP contribution >= 0.6 is 0 Å². The Morgan fingerprint density at radius 3 is 2.94 bits per heavy atom. The minimum atomic E-state index is -0.494. The van der Waals surface area contributed by atoms with Crippen LogP contribution in [0, 0.1) is 10.1 Å². The minimum Gasteiger partial charge on any atom is -0.367 e. The van der Waals surface area contributed by atoms with Crippen molar-refractivity contribution < 1.29 is 4.92 Å². The van der Waals surface area contributed by atoms with Crippen molar-refractivity contribution in [2.24, 2.45) is 5.73 Å². The Bertz CT molecular complexity index is 379. The van der Waals surface area contributed by atoms with Crippen molar-refractivity contribution in [3.8, 4) is 0 Å². The number of anilines is 1. The van der Waals surface area contributed by atoms with Crippen LogP contribution in [0.3, 0.4) is 0 Å². The highest BCUT2D eigenvalue weighted by Crippen LogP contribution is 2.20. The van der Waals surface area contributed by atoms with Crippen molar-refractivity contribution in [1.82, 2.24) is 4.98 Å². The van der Waals surface area contributed by atoms with Crippen LogP contribution in [0.5, 0.6) is 0 Å². The molecule has 1 aliphatic heterocycles. The molecule has 0 aromatic carbocycles. The van der Waals surface area contributed by atoms with Gasteiger partial charge in [0, 0.05) is 25.2 Å². The van der Waals surface area contributed by atoms with Crippen LogP contribution in [0.4, 0.5) is 11.5 Å². The molecule has 0 bridgehead atoms. The van der Waals surface area contributed by atoms with Gasteiger partial charge in [-0.1, -0.05) is 0 Å². The van der Waals surface area contributed by atoms with Gasteiger partial charge >= 0.3 is 5.82 Å². The van der Waals surface area contributed by atoms with Crippen LogP contribution in [-0.4, -0.2) is 29.0 Å². The van der Waals surface area contributed by atoms with E-state index in [-0.39, 0.29) is 11.9 Å². The number of nitro groups is 1. The zero-order chi connectivity index (χ0) is 11.5. The van der Waals surface area contributed by atoms with Crippen LogP contribution in [-0.2, 0) is 0 Å². The summed E-state index contributed by atoms with van der Waals surface area (Å²) in [5, 5.41) is 10.5. The van der Waals surface area contributed by atoms with Crippen molar-refractivity contribution in [3.05, 3.63) is 28.4 Å². The van der Waals surface area contributed by atoms with Gasteiger partial charge in [-0.15, -0.1) is 0 Å². The lowest BCUT2D eigenvalue weighted by Gasteiger charge is -2.31. The first-order valence-corrected chi connectivity index (χ1v) is 5.28. The molecule has 0 saturated carbocycles. The normalized spacial score (nSPS) is 20.8. The third-order valence-electron chi connectivity index (χ3n) is 2.74. The number of nitrogens with two attached hydrogens (primary N) is 1. The van der Waals surface area contributed by atoms with Gasteiger partial charge in [0.1, 0.15) is 0 Å². The number of nitrogens with zero attached hydrogens (tertiary/aromatic N) is 3. The Morgan fingerprint density at radius 1 is 1.56 bits per heavy atom. The second kappa shape index (κ2) is 4.44. The van der Waals surface area contributed by atoms with E-state index in [9.17, 15) is 10.1 Å². The SMILES string of the molecule is N[C@@H]1CCCN(c2ccc([N+](=O)[O-])nc2)C1. The molecule has 1 saturated heterocycles. The molecule has 1 aromatic heterocycles. The average molecular weight is 222 g/mol. The lowest BCUT2D eigenvalue weighted by Crippen LogP contribution is -2.42. The monoisotopic (exact) mass is 222 g/mol. The zero-order valence-electron chi connectivity index (χ0n) is 8.87. The Hall–Kier alpha value is -1.69. The van der Waals surface area contributed by atoms with Gasteiger partial charge in [0.15, 0.2) is 6.20 Å². The lowest BCUT2D eigenvalue weighted by atomic mass is 10.1. The van der Waals surface area contributed by atoms with Crippen molar-refractivity contribution in [2.45, 2.75) is 18.9 Å². The molecule has 1 aromatic rings. The fourth-order valence-electron chi connectivity index (χ4n) is 1.92. The second-order valence-corrected chi connectivity index (χ2v) is 3.98. The maximum Gasteiger partial charge on any atom is 0.363 e. The number of hydrogen-bond acceptors (Lipinski definition) is 5. The first-order chi connectivity index (χ1) is 7.66. The average Bonchev–Trinajstić information content (AvgIpc) is 2.29. The van der Waals surface area contributed by atoms with Crippen molar-refractivity contribution in [1.29, 1.82) is 0 Å². The van der Waals surface area contributed by atoms with Gasteiger partial charge in [-0.25, -0.2) is 0 Å². The fraction of sp³-hybridized carbons (Fsp3) is 0.500. The number of pyridine rings is 1. The minimum absolute atomic E-state index is 0.120. The molecule has 1 fully saturated rings. The van der Waals surface area contributed by atoms with Crippen LogP contribution in [0.1, 0.15) is 12.8 Å². The van der Waals surface area contributed by atoms with E-state index in [1.54, 1.807) is 6.07 Å². The van der Waals surface area contributed by atoms with Gasteiger partial charge in [0.05, 0.1) is 5.69 Å². The molecule has 6 nitrogen and oxygen atoms in total. The van der Waals surface area contributed by atoms with Crippen molar-refractivity contribution in [3.63, 3.8) is 0 Å². The standard InChI is InChI=1S/C10H14N4O2/c11-8-2-1-5-13(7-8)9-3-4-10(12-6-9)14(15)16/h3-4,6,8H,1-2,5,7,11H2/t8-/m1/s1. The number of piperidine rings is 1. The molecule has 2 rings (SSSR count). The first kappa shape index (κ1) is 10.8. The third kappa shape index (κ3) is 2.27. The molecule has 1 atom stereocenters. The summed E-state index contributed by atoms with van der Waals surface area (Å²) in [6.45, 7) is 1.73. The second-order valence-electron chi connectivity index (χ2n) is 3.98. The third-order valence-corrected chi connectivity index (χ3v) is 2.74. The van der Waals surface area contributed by atoms with E-state index in [1.807, 2.05) is 0 Å². The highest BCUT2D eigenvalue weighted by Gasteiger charge is 2.18. The summed E-state index contributed by atoms with van der Waals surface area (Å²) in [7, 11) is 0. The summed E-state index contributed by atoms with van der Waals surface area (Å²) in [6.07, 6.45) is 3.63. The quantitative estimate of drug-likeness (QED) is 0.594. The Morgan fingerprint density at radius 2 is 2.38 bits per heavy atom. The number of rotatable bonds is 2. The molecule has 6 heteroatoms. The summed E-state index contributed by atoms with van der Waals surface area (Å²) < 4.78 is 0. The Labute approximate surface area is 93.2 Å². The Balaban J connectivity index is 2.11. The van der Waals surface area contributed by atoms with E-state index in [4.69, 9.17) is 5.73 Å². The highest BCUT2D eigenvalue weighted by molar-refractivity contribution is 5.47. The largest absolute Gasteiger partial charge is 0.367 e. The van der Waals surface area contributed by atoms with Gasteiger partial charge in [-0.2, -0.15) is 0 Å². The zero-order valence-corrected chi connectivity index (χ0v) is 8.87. The van der Waals surface area contributed by atoms with Crippen LogP contribution in [0.15, 0.2) is 18.3 Å². The van der Waals surface area contributed by atoms with Gasteiger partial charge < -0.3 is 20.7 Å². The molecule has 2 heterocycles. The van der Waals surface area contributed by atoms with Crippen molar-refractivity contribution >= 4 is 11.5 Å². The molecule has 16 heavy (non-hydrogen) atoms. The molecule has 0 aliphatic carbocycles. The maximum absolute atomic E-state index is 10.5. The molecule has 1 aliphatic rings. The molecule has 86 valence electrons. The maximum atomic E-state index is 10.5. The smallest absolute Gasteiger partial charge is 0.363 e. The fourth-order valence-corrected chi connectivity index (χ4v) is 1.92. The summed E-state index contributed by atoms with van der Waals surface area (Å²) in [5.74, 6) is -0.120. The van der Waals surface area contributed by atoms with Gasteiger partial charge in [-0.3, -0.25) is 0 Å². The van der Waals surface area contributed by atoms with E-state index in [2.05, 4.69) is 9.88 Å². The topological polar surface area (TPSA) is 85.3 Å². The van der Waals surface area contributed by atoms with Gasteiger partial charge in [-0.05, 0) is 28.8 Å². The summed E-state index contributed by atoms with van der Waals surface area (Å²) >= 11 is 0. The van der Waals surface area contributed by atoms with Gasteiger partial charge in [0.25, 0.3) is 0 Å². The lowest BCUT2D eigenvalue weighted by molar-refractivity contribution is -0.389. The van der Waals surface area contributed by atoms with E-state index < -0.39 is 4.92 Å². The predicted octanol–water partition coefficient (Wildman–Crippen LogP) is 0.917. The Kier molecular flexibility index (Phi) is 3.00. The van der Waals surface area contributed by atoms with Crippen molar-refractivity contribution in [2.75, 3.05) is 18.0 Å². The van der Waals surface area contributed by atoms with Crippen LogP contribution < -0.4 is 10.6 Å². The molecule has 0 unspecified atom stereocenters. The van der Waals surface area contributed by atoms with E-state index in [0.29, 0.717) is 0 Å². The molecule has 0 spiro atoms.